The first-order valence-corrected chi connectivity index (χ1v) is 10.3. The van der Waals surface area contributed by atoms with Crippen LogP contribution in [0.1, 0.15) is 29.6 Å². The number of carbonyl (C=O) groups excluding carboxylic acids is 1. The molecule has 8 heteroatoms. The second kappa shape index (κ2) is 8.06. The van der Waals surface area contributed by atoms with Gasteiger partial charge < -0.3 is 11.1 Å². The number of nitrogens with two attached hydrogens (primary N) is 1. The van der Waals surface area contributed by atoms with Crippen molar-refractivity contribution in [3.05, 3.63) is 59.9 Å². The maximum atomic E-state index is 13.7. The number of benzene rings is 2. The molecular formula is C19H22FN3O3S. The maximum Gasteiger partial charge on any atom is 0.262 e. The molecule has 0 bridgehead atoms. The van der Waals surface area contributed by atoms with Crippen molar-refractivity contribution in [1.29, 1.82) is 0 Å². The van der Waals surface area contributed by atoms with Gasteiger partial charge in [-0.15, -0.1) is 0 Å². The number of halogens is 1. The lowest BCUT2D eigenvalue weighted by Crippen LogP contribution is -2.39. The largest absolute Gasteiger partial charge is 0.349 e. The summed E-state index contributed by atoms with van der Waals surface area (Å²) < 4.78 is 41.0. The van der Waals surface area contributed by atoms with Crippen LogP contribution in [-0.4, -0.2) is 26.9 Å². The lowest BCUT2D eigenvalue weighted by atomic mass is 10.0. The Morgan fingerprint density at radius 1 is 1.15 bits per heavy atom. The third-order valence-electron chi connectivity index (χ3n) is 4.80. The summed E-state index contributed by atoms with van der Waals surface area (Å²) in [4.78, 5) is 12.4. The number of sulfonamides is 1. The third kappa shape index (κ3) is 4.45. The zero-order valence-electron chi connectivity index (χ0n) is 14.7. The fraction of sp³-hybridized carbons (Fsp3) is 0.316. The monoisotopic (exact) mass is 391 g/mol. The van der Waals surface area contributed by atoms with Gasteiger partial charge in [0.25, 0.3) is 15.9 Å². The molecule has 0 heterocycles. The van der Waals surface area contributed by atoms with Gasteiger partial charge in [0, 0.05) is 11.6 Å². The first kappa shape index (κ1) is 19.3. The normalized spacial score (nSPS) is 19.6. The molecular weight excluding hydrogens is 369 g/mol. The van der Waals surface area contributed by atoms with E-state index in [1.54, 1.807) is 6.07 Å². The summed E-state index contributed by atoms with van der Waals surface area (Å²) >= 11 is 0. The number of rotatable bonds is 6. The van der Waals surface area contributed by atoms with Crippen LogP contribution >= 0.6 is 0 Å². The minimum absolute atomic E-state index is 0.000645. The van der Waals surface area contributed by atoms with E-state index in [1.807, 2.05) is 0 Å². The van der Waals surface area contributed by atoms with E-state index < -0.39 is 15.8 Å². The lowest BCUT2D eigenvalue weighted by Gasteiger charge is -2.19. The molecule has 2 unspecified atom stereocenters. The van der Waals surface area contributed by atoms with Crippen LogP contribution in [0.4, 0.5) is 10.1 Å². The molecule has 2 atom stereocenters. The maximum absolute atomic E-state index is 13.7. The highest BCUT2D eigenvalue weighted by Crippen LogP contribution is 2.25. The first-order valence-electron chi connectivity index (χ1n) is 8.79. The van der Waals surface area contributed by atoms with Crippen LogP contribution in [0.3, 0.4) is 0 Å². The fourth-order valence-corrected chi connectivity index (χ4v) is 4.43. The van der Waals surface area contributed by atoms with Crippen molar-refractivity contribution in [2.24, 2.45) is 11.7 Å². The predicted molar refractivity (Wildman–Crippen MR) is 101 cm³/mol. The zero-order chi connectivity index (χ0) is 19.4. The van der Waals surface area contributed by atoms with Crippen molar-refractivity contribution < 1.29 is 17.6 Å². The van der Waals surface area contributed by atoms with Gasteiger partial charge in [0.2, 0.25) is 0 Å². The molecule has 4 N–H and O–H groups in total. The van der Waals surface area contributed by atoms with Crippen LogP contribution in [0.25, 0.3) is 0 Å². The van der Waals surface area contributed by atoms with Gasteiger partial charge in [-0.05, 0) is 55.6 Å². The molecule has 2 aromatic rings. The molecule has 1 fully saturated rings. The molecule has 0 aromatic heterocycles. The van der Waals surface area contributed by atoms with E-state index in [0.717, 1.165) is 25.3 Å². The van der Waals surface area contributed by atoms with Crippen molar-refractivity contribution in [3.8, 4) is 0 Å². The molecule has 6 nitrogen and oxygen atoms in total. The van der Waals surface area contributed by atoms with E-state index in [4.69, 9.17) is 5.73 Å². The predicted octanol–water partition coefficient (Wildman–Crippen LogP) is 2.48. The molecule has 1 amide bonds. The van der Waals surface area contributed by atoms with Crippen molar-refractivity contribution in [2.75, 3.05) is 11.3 Å². The van der Waals surface area contributed by atoms with Gasteiger partial charge in [0.05, 0.1) is 10.6 Å². The molecule has 0 aliphatic heterocycles. The van der Waals surface area contributed by atoms with Gasteiger partial charge >= 0.3 is 0 Å². The standard InChI is InChI=1S/C19H22FN3O3S/c20-16-8-1-2-9-18(16)23-27(25,26)15-7-3-5-13(11-15)19(24)22-17-10-4-6-14(17)12-21/h1-3,5,7-9,11,14,17,23H,4,6,10,12,21H2,(H,22,24). The number of hydrogen-bond donors (Lipinski definition) is 3. The number of amides is 1. The Bertz CT molecular complexity index is 933. The second-order valence-electron chi connectivity index (χ2n) is 6.62. The van der Waals surface area contributed by atoms with Gasteiger partial charge in [-0.25, -0.2) is 12.8 Å². The minimum Gasteiger partial charge on any atom is -0.349 e. The fourth-order valence-electron chi connectivity index (χ4n) is 3.31. The van der Waals surface area contributed by atoms with Crippen LogP contribution in [0.5, 0.6) is 0 Å². The first-order chi connectivity index (χ1) is 12.9. The average molecular weight is 391 g/mol. The molecule has 1 aliphatic carbocycles. The van der Waals surface area contributed by atoms with E-state index in [-0.39, 0.29) is 34.0 Å². The van der Waals surface area contributed by atoms with Gasteiger partial charge in [-0.1, -0.05) is 24.6 Å². The van der Waals surface area contributed by atoms with Crippen LogP contribution in [-0.2, 0) is 10.0 Å². The number of anilines is 1. The summed E-state index contributed by atoms with van der Waals surface area (Å²) in [5.41, 5.74) is 5.82. The molecule has 144 valence electrons. The summed E-state index contributed by atoms with van der Waals surface area (Å²) in [7, 11) is -4.02. The Morgan fingerprint density at radius 3 is 2.67 bits per heavy atom. The van der Waals surface area contributed by atoms with Crippen LogP contribution in [0.2, 0.25) is 0 Å². The van der Waals surface area contributed by atoms with Crippen molar-refractivity contribution in [2.45, 2.75) is 30.2 Å². The van der Waals surface area contributed by atoms with Gasteiger partial charge in [0.1, 0.15) is 5.82 Å². The summed E-state index contributed by atoms with van der Waals surface area (Å²) in [6.45, 7) is 0.506. The van der Waals surface area contributed by atoms with Gasteiger partial charge in [-0.3, -0.25) is 9.52 Å². The highest BCUT2D eigenvalue weighted by molar-refractivity contribution is 7.92. The van der Waals surface area contributed by atoms with Crippen LogP contribution < -0.4 is 15.8 Å². The van der Waals surface area contributed by atoms with Gasteiger partial charge in [-0.2, -0.15) is 0 Å². The van der Waals surface area contributed by atoms with Crippen LogP contribution in [0.15, 0.2) is 53.4 Å². The van der Waals surface area contributed by atoms with Crippen molar-refractivity contribution >= 4 is 21.6 Å². The summed E-state index contributed by atoms with van der Waals surface area (Å²) in [6.07, 6.45) is 2.84. The topological polar surface area (TPSA) is 101 Å². The number of carbonyl (C=O) groups is 1. The van der Waals surface area contributed by atoms with Gasteiger partial charge in [0.15, 0.2) is 0 Å². The zero-order valence-corrected chi connectivity index (χ0v) is 15.5. The van der Waals surface area contributed by atoms with E-state index in [9.17, 15) is 17.6 Å². The molecule has 1 aliphatic rings. The molecule has 0 radical (unpaired) electrons. The summed E-state index contributed by atoms with van der Waals surface area (Å²) in [6, 6.07) is 11.2. The average Bonchev–Trinajstić information content (AvgIpc) is 3.10. The second-order valence-corrected chi connectivity index (χ2v) is 8.30. The molecule has 2 aromatic carbocycles. The molecule has 3 rings (SSSR count). The van der Waals surface area contributed by atoms with E-state index in [1.165, 1.54) is 36.4 Å². The van der Waals surface area contributed by atoms with E-state index in [0.29, 0.717) is 6.54 Å². The highest BCUT2D eigenvalue weighted by Gasteiger charge is 2.28. The molecule has 27 heavy (non-hydrogen) atoms. The molecule has 0 saturated heterocycles. The molecule has 1 saturated carbocycles. The SMILES string of the molecule is NCC1CCCC1NC(=O)c1cccc(S(=O)(=O)Nc2ccccc2F)c1. The Balaban J connectivity index is 1.78. The number of nitrogens with one attached hydrogen (secondary N) is 2. The summed E-state index contributed by atoms with van der Waals surface area (Å²) in [5, 5.41) is 2.94. The third-order valence-corrected chi connectivity index (χ3v) is 6.17. The Kier molecular flexibility index (Phi) is 5.76. The van der Waals surface area contributed by atoms with Crippen molar-refractivity contribution in [3.63, 3.8) is 0 Å². The highest BCUT2D eigenvalue weighted by atomic mass is 32.2. The Labute approximate surface area is 158 Å². The number of hydrogen-bond acceptors (Lipinski definition) is 4. The summed E-state index contributed by atoms with van der Waals surface area (Å²) in [5.74, 6) is -0.782. The minimum atomic E-state index is -4.02. The van der Waals surface area contributed by atoms with Crippen LogP contribution in [0, 0.1) is 11.7 Å². The quantitative estimate of drug-likeness (QED) is 0.704. The Morgan fingerprint density at radius 2 is 1.93 bits per heavy atom. The smallest absolute Gasteiger partial charge is 0.262 e. The van der Waals surface area contributed by atoms with E-state index >= 15 is 0 Å². The van der Waals surface area contributed by atoms with E-state index in [2.05, 4.69) is 10.0 Å². The number of para-hydroxylation sites is 1. The van der Waals surface area contributed by atoms with Crippen molar-refractivity contribution in [1.82, 2.24) is 5.32 Å². The molecule has 0 spiro atoms. The Hall–Kier alpha value is -2.45. The lowest BCUT2D eigenvalue weighted by molar-refractivity contribution is 0.0928.